The molecule has 1 atom stereocenters. The van der Waals surface area contributed by atoms with Crippen LogP contribution in [0.4, 0.5) is 17.1 Å². The molecule has 1 aromatic heterocycles. The second-order valence-electron chi connectivity index (χ2n) is 20.6. The zero-order valence-electron chi connectivity index (χ0n) is 43.9. The summed E-state index contributed by atoms with van der Waals surface area (Å²) in [5.41, 5.74) is 21.0. The number of furan rings is 1. The first kappa shape index (κ1) is 47.9. The predicted octanol–water partition coefficient (Wildman–Crippen LogP) is 21.8. The third-order valence-corrected chi connectivity index (χ3v) is 15.5. The molecule has 0 N–H and O–H groups in total. The van der Waals surface area contributed by atoms with E-state index in [0.717, 1.165) is 50.1 Å². The number of benzene rings is 12. The number of para-hydroxylation sites is 1. The van der Waals surface area contributed by atoms with Gasteiger partial charge >= 0.3 is 0 Å². The standard InChI is InChI=1S/C62H41NO.C14H16/c1-3-11-42(12-4-1)44-21-23-45(24-22-44)46-27-32-53(33-28-46)63(55-36-37-57-52(40-55)26-25-47-15-7-8-18-56(47)57)54-34-29-48(30-35-54)58-19-10-20-59-60-41-51(31-38-61(60)64-62(58)59)50-17-9-16-49(39-50)43-13-5-2-6-14-43;1-11-8-9-12(2)14(10-11)13-6-4-3-5-7-13/h1-41H;3-8,10,12H,9H2,1-2H3. The molecule has 0 amide bonds. The molecule has 0 spiro atoms. The highest BCUT2D eigenvalue weighted by atomic mass is 16.3. The summed E-state index contributed by atoms with van der Waals surface area (Å²) in [7, 11) is 0. The molecule has 12 aromatic carbocycles. The van der Waals surface area contributed by atoms with Crippen molar-refractivity contribution < 1.29 is 4.42 Å². The number of nitrogens with zero attached hydrogens (tertiary/aromatic N) is 1. The van der Waals surface area contributed by atoms with Gasteiger partial charge in [0.25, 0.3) is 0 Å². The van der Waals surface area contributed by atoms with Crippen molar-refractivity contribution in [3.8, 4) is 55.6 Å². The second-order valence-corrected chi connectivity index (χ2v) is 20.6. The van der Waals surface area contributed by atoms with E-state index in [1.54, 1.807) is 0 Å². The van der Waals surface area contributed by atoms with E-state index in [9.17, 15) is 0 Å². The highest BCUT2D eigenvalue weighted by Crippen LogP contribution is 2.42. The highest BCUT2D eigenvalue weighted by molar-refractivity contribution is 6.11. The maximum absolute atomic E-state index is 6.68. The van der Waals surface area contributed by atoms with Gasteiger partial charge in [0, 0.05) is 33.4 Å². The average molecular weight is 1000 g/mol. The van der Waals surface area contributed by atoms with E-state index in [2.05, 4.69) is 310 Å². The summed E-state index contributed by atoms with van der Waals surface area (Å²) in [5, 5.41) is 7.18. The van der Waals surface area contributed by atoms with Crippen molar-refractivity contribution in [2.24, 2.45) is 5.92 Å². The first-order valence-corrected chi connectivity index (χ1v) is 27.1. The molecule has 0 saturated carbocycles. The van der Waals surface area contributed by atoms with E-state index >= 15 is 0 Å². The zero-order valence-corrected chi connectivity index (χ0v) is 43.9. The highest BCUT2D eigenvalue weighted by Gasteiger charge is 2.18. The molecule has 0 radical (unpaired) electrons. The van der Waals surface area contributed by atoms with Gasteiger partial charge in [-0.2, -0.15) is 0 Å². The van der Waals surface area contributed by atoms with Crippen LogP contribution in [0.2, 0.25) is 0 Å². The van der Waals surface area contributed by atoms with Gasteiger partial charge in [-0.15, -0.1) is 0 Å². The molecule has 1 aliphatic rings. The van der Waals surface area contributed by atoms with E-state index in [1.807, 2.05) is 0 Å². The fourth-order valence-corrected chi connectivity index (χ4v) is 11.3. The van der Waals surface area contributed by atoms with Crippen molar-refractivity contribution in [2.45, 2.75) is 20.3 Å². The first-order valence-electron chi connectivity index (χ1n) is 27.1. The number of fused-ring (bicyclic) bond motifs is 6. The van der Waals surface area contributed by atoms with Crippen molar-refractivity contribution in [2.75, 3.05) is 4.90 Å². The summed E-state index contributed by atoms with van der Waals surface area (Å²) in [6.07, 6.45) is 5.80. The molecule has 372 valence electrons. The minimum absolute atomic E-state index is 0.654. The van der Waals surface area contributed by atoms with Crippen LogP contribution in [-0.2, 0) is 0 Å². The van der Waals surface area contributed by atoms with E-state index < -0.39 is 0 Å². The summed E-state index contributed by atoms with van der Waals surface area (Å²) in [5.74, 6) is 0.654. The van der Waals surface area contributed by atoms with Crippen LogP contribution in [0.15, 0.2) is 301 Å². The summed E-state index contributed by atoms with van der Waals surface area (Å²) >= 11 is 0. The Morgan fingerprint density at radius 3 is 1.50 bits per heavy atom. The summed E-state index contributed by atoms with van der Waals surface area (Å²) < 4.78 is 6.68. The molecule has 1 heterocycles. The molecule has 13 aromatic rings. The van der Waals surface area contributed by atoms with Gasteiger partial charge in [0.1, 0.15) is 11.2 Å². The van der Waals surface area contributed by atoms with E-state index in [1.165, 1.54) is 89.2 Å². The third-order valence-electron chi connectivity index (χ3n) is 15.5. The van der Waals surface area contributed by atoms with Crippen LogP contribution in [0.25, 0.3) is 105 Å². The Balaban J connectivity index is 0.000000359. The number of hydrogen-bond donors (Lipinski definition) is 0. The number of hydrogen-bond acceptors (Lipinski definition) is 2. The molecule has 0 fully saturated rings. The van der Waals surface area contributed by atoms with Crippen LogP contribution in [0.3, 0.4) is 0 Å². The van der Waals surface area contributed by atoms with E-state index in [-0.39, 0.29) is 0 Å². The quantitative estimate of drug-likeness (QED) is 0.134. The van der Waals surface area contributed by atoms with Crippen LogP contribution >= 0.6 is 0 Å². The van der Waals surface area contributed by atoms with Crippen LogP contribution < -0.4 is 4.90 Å². The molecular weight excluding hydrogens is 943 g/mol. The maximum atomic E-state index is 6.68. The number of allylic oxidation sites excluding steroid dienone is 4. The number of anilines is 3. The van der Waals surface area contributed by atoms with E-state index in [4.69, 9.17) is 4.42 Å². The smallest absolute Gasteiger partial charge is 0.143 e. The third kappa shape index (κ3) is 9.61. The van der Waals surface area contributed by atoms with Crippen molar-refractivity contribution in [3.05, 3.63) is 302 Å². The van der Waals surface area contributed by atoms with Crippen LogP contribution in [0.1, 0.15) is 25.8 Å². The maximum Gasteiger partial charge on any atom is 0.143 e. The van der Waals surface area contributed by atoms with Gasteiger partial charge in [-0.05, 0) is 157 Å². The zero-order chi connectivity index (χ0) is 52.4. The average Bonchev–Trinajstić information content (AvgIpc) is 3.95. The fourth-order valence-electron chi connectivity index (χ4n) is 11.3. The first-order chi connectivity index (χ1) is 38.5. The molecule has 0 bridgehead atoms. The van der Waals surface area contributed by atoms with Crippen molar-refractivity contribution >= 4 is 66.1 Å². The van der Waals surface area contributed by atoms with Gasteiger partial charge in [0.2, 0.25) is 0 Å². The minimum atomic E-state index is 0.654. The second kappa shape index (κ2) is 21.1. The Morgan fingerprint density at radius 2 is 0.821 bits per heavy atom. The van der Waals surface area contributed by atoms with Crippen LogP contribution in [0, 0.1) is 5.92 Å². The predicted molar refractivity (Wildman–Crippen MR) is 333 cm³/mol. The molecule has 2 heteroatoms. The van der Waals surface area contributed by atoms with Crippen LogP contribution in [0.5, 0.6) is 0 Å². The van der Waals surface area contributed by atoms with Gasteiger partial charge in [0.05, 0.1) is 0 Å². The SMILES string of the molecule is CC1=CCC(C)C(c2ccccc2)=C1.c1ccc(-c2ccc(-c3ccc(N(c4ccc(-c5cccc6c5oc5ccc(-c7cccc(-c8ccccc8)c7)cc56)cc4)c4ccc5c(ccc6ccccc65)c4)cc3)cc2)cc1. The molecule has 78 heavy (non-hydrogen) atoms. The van der Waals surface area contributed by atoms with Gasteiger partial charge < -0.3 is 9.32 Å². The molecular formula is C76H57NO. The minimum Gasteiger partial charge on any atom is -0.455 e. The fraction of sp³-hybridized carbons (Fsp3) is 0.0526. The lowest BCUT2D eigenvalue weighted by Gasteiger charge is -2.26. The Kier molecular flexibility index (Phi) is 13.0. The van der Waals surface area contributed by atoms with Crippen molar-refractivity contribution in [3.63, 3.8) is 0 Å². The monoisotopic (exact) mass is 999 g/mol. The summed E-state index contributed by atoms with van der Waals surface area (Å²) in [6, 6.07) is 100. The summed E-state index contributed by atoms with van der Waals surface area (Å²) in [6.45, 7) is 4.47. The van der Waals surface area contributed by atoms with Gasteiger partial charge in [-0.1, -0.05) is 249 Å². The Morgan fingerprint density at radius 1 is 0.346 bits per heavy atom. The van der Waals surface area contributed by atoms with Gasteiger partial charge in [-0.3, -0.25) is 0 Å². The summed E-state index contributed by atoms with van der Waals surface area (Å²) in [4.78, 5) is 2.36. The van der Waals surface area contributed by atoms with Crippen molar-refractivity contribution in [1.82, 2.24) is 0 Å². The van der Waals surface area contributed by atoms with E-state index in [0.29, 0.717) is 5.92 Å². The molecule has 14 rings (SSSR count). The molecule has 2 nitrogen and oxygen atoms in total. The lowest BCUT2D eigenvalue weighted by Crippen LogP contribution is -2.09. The lowest BCUT2D eigenvalue weighted by atomic mass is 9.86. The van der Waals surface area contributed by atoms with Gasteiger partial charge in [-0.25, -0.2) is 0 Å². The van der Waals surface area contributed by atoms with Gasteiger partial charge in [0.15, 0.2) is 0 Å². The Labute approximate surface area is 457 Å². The Bertz CT molecular complexity index is 4320. The topological polar surface area (TPSA) is 16.4 Å². The normalized spacial score (nSPS) is 13.2. The number of rotatable bonds is 9. The van der Waals surface area contributed by atoms with Crippen molar-refractivity contribution in [1.29, 1.82) is 0 Å². The molecule has 0 saturated heterocycles. The molecule has 0 aliphatic heterocycles. The molecule has 1 aliphatic carbocycles. The lowest BCUT2D eigenvalue weighted by molar-refractivity contribution is 0.670. The largest absolute Gasteiger partial charge is 0.455 e. The Hall–Kier alpha value is -9.76. The molecule has 1 unspecified atom stereocenters. The van der Waals surface area contributed by atoms with Crippen LogP contribution in [-0.4, -0.2) is 0 Å².